The Kier molecular flexibility index (Phi) is 4.10. The van der Waals surface area contributed by atoms with Gasteiger partial charge in [0.2, 0.25) is 0 Å². The third-order valence-electron chi connectivity index (χ3n) is 1.98. The summed E-state index contributed by atoms with van der Waals surface area (Å²) in [6, 6.07) is 7.03. The average Bonchev–Trinajstić information content (AvgIpc) is 2.35. The first-order valence-corrected chi connectivity index (χ1v) is 4.55. The van der Waals surface area contributed by atoms with Gasteiger partial charge in [0.05, 0.1) is 25.9 Å². The Morgan fingerprint density at radius 1 is 1.44 bits per heavy atom. The van der Waals surface area contributed by atoms with Crippen LogP contribution in [0.25, 0.3) is 6.08 Å². The molecule has 0 aliphatic rings. The van der Waals surface area contributed by atoms with E-state index in [0.29, 0.717) is 16.9 Å². The summed E-state index contributed by atoms with van der Waals surface area (Å²) in [6.45, 7) is 0. The second kappa shape index (κ2) is 5.56. The minimum Gasteiger partial charge on any atom is -0.497 e. The zero-order valence-electron chi connectivity index (χ0n) is 9.06. The first-order chi connectivity index (χ1) is 7.71. The molecule has 0 saturated carbocycles. The van der Waals surface area contributed by atoms with Gasteiger partial charge < -0.3 is 9.47 Å². The molecule has 82 valence electrons. The predicted octanol–water partition coefficient (Wildman–Crippen LogP) is 1.75. The van der Waals surface area contributed by atoms with E-state index in [1.165, 1.54) is 26.4 Å². The van der Waals surface area contributed by atoms with E-state index in [-0.39, 0.29) is 0 Å². The molecule has 0 amide bonds. The number of nitrogens with zero attached hydrogens (tertiary/aromatic N) is 1. The lowest BCUT2D eigenvalue weighted by Crippen LogP contribution is -1.94. The first-order valence-electron chi connectivity index (χ1n) is 4.55. The van der Waals surface area contributed by atoms with E-state index in [9.17, 15) is 4.79 Å². The maximum atomic E-state index is 10.9. The number of benzene rings is 1. The molecule has 0 aromatic heterocycles. The third kappa shape index (κ3) is 2.85. The Labute approximate surface area is 93.7 Å². The zero-order valence-corrected chi connectivity index (χ0v) is 9.06. The molecule has 0 atom stereocenters. The van der Waals surface area contributed by atoms with Crippen molar-refractivity contribution < 1.29 is 14.3 Å². The van der Waals surface area contributed by atoms with Crippen LogP contribution in [0, 0.1) is 11.3 Å². The van der Waals surface area contributed by atoms with Crippen molar-refractivity contribution >= 4 is 12.0 Å². The van der Waals surface area contributed by atoms with Gasteiger partial charge in [-0.05, 0) is 29.8 Å². The van der Waals surface area contributed by atoms with Crippen molar-refractivity contribution in [3.8, 4) is 11.8 Å². The summed E-state index contributed by atoms with van der Waals surface area (Å²) in [7, 11) is 2.83. The molecule has 0 radical (unpaired) electrons. The lowest BCUT2D eigenvalue weighted by molar-refractivity contribution is -0.134. The summed E-state index contributed by atoms with van der Waals surface area (Å²) in [5, 5.41) is 8.86. The number of nitriles is 1. The molecule has 0 saturated heterocycles. The van der Waals surface area contributed by atoms with E-state index in [1.807, 2.05) is 6.07 Å². The lowest BCUT2D eigenvalue weighted by Gasteiger charge is -2.02. The number of carbonyl (C=O) groups is 1. The molecule has 0 aliphatic heterocycles. The molecule has 0 aliphatic carbocycles. The first kappa shape index (κ1) is 11.8. The number of methoxy groups -OCH3 is 2. The van der Waals surface area contributed by atoms with E-state index in [1.54, 1.807) is 18.2 Å². The standard InChI is InChI=1S/C12H11NO3/c1-15-11-5-3-10(8-13)9(7-11)4-6-12(14)16-2/h3-7H,1-2H3. The van der Waals surface area contributed by atoms with Gasteiger partial charge in [0, 0.05) is 6.08 Å². The van der Waals surface area contributed by atoms with Crippen molar-refractivity contribution in [2.45, 2.75) is 0 Å². The van der Waals surface area contributed by atoms with Crippen molar-refractivity contribution in [3.63, 3.8) is 0 Å². The van der Waals surface area contributed by atoms with Gasteiger partial charge >= 0.3 is 5.97 Å². The molecule has 1 rings (SSSR count). The second-order valence-corrected chi connectivity index (χ2v) is 2.92. The van der Waals surface area contributed by atoms with Crippen LogP contribution in [0.4, 0.5) is 0 Å². The van der Waals surface area contributed by atoms with Gasteiger partial charge in [-0.3, -0.25) is 0 Å². The summed E-state index contributed by atoms with van der Waals surface area (Å²) >= 11 is 0. The topological polar surface area (TPSA) is 59.3 Å². The quantitative estimate of drug-likeness (QED) is 0.571. The maximum Gasteiger partial charge on any atom is 0.330 e. The monoisotopic (exact) mass is 217 g/mol. The van der Waals surface area contributed by atoms with Gasteiger partial charge in [0.25, 0.3) is 0 Å². The highest BCUT2D eigenvalue weighted by atomic mass is 16.5. The highest BCUT2D eigenvalue weighted by molar-refractivity contribution is 5.87. The van der Waals surface area contributed by atoms with E-state index in [0.717, 1.165) is 0 Å². The molecule has 0 heterocycles. The van der Waals surface area contributed by atoms with Gasteiger partial charge in [-0.2, -0.15) is 5.26 Å². The van der Waals surface area contributed by atoms with E-state index in [2.05, 4.69) is 4.74 Å². The smallest absolute Gasteiger partial charge is 0.330 e. The van der Waals surface area contributed by atoms with Crippen LogP contribution in [0.15, 0.2) is 24.3 Å². The van der Waals surface area contributed by atoms with Gasteiger partial charge in [-0.25, -0.2) is 4.79 Å². The Bertz CT molecular complexity index is 458. The maximum absolute atomic E-state index is 10.9. The van der Waals surface area contributed by atoms with E-state index < -0.39 is 5.97 Å². The summed E-state index contributed by atoms with van der Waals surface area (Å²) in [6.07, 6.45) is 2.78. The van der Waals surface area contributed by atoms with Gasteiger partial charge in [-0.15, -0.1) is 0 Å². The molecule has 0 bridgehead atoms. The highest BCUT2D eigenvalue weighted by Crippen LogP contribution is 2.18. The van der Waals surface area contributed by atoms with Crippen LogP contribution in [0.5, 0.6) is 5.75 Å². The van der Waals surface area contributed by atoms with Crippen LogP contribution in [0.1, 0.15) is 11.1 Å². The highest BCUT2D eigenvalue weighted by Gasteiger charge is 2.01. The number of carbonyl (C=O) groups excluding carboxylic acids is 1. The zero-order chi connectivity index (χ0) is 12.0. The van der Waals surface area contributed by atoms with Crippen LogP contribution in [-0.2, 0) is 9.53 Å². The minimum absolute atomic E-state index is 0.466. The molecule has 0 N–H and O–H groups in total. The van der Waals surface area contributed by atoms with Crippen molar-refractivity contribution in [1.29, 1.82) is 5.26 Å². The summed E-state index contributed by atoms with van der Waals surface area (Å²) in [4.78, 5) is 10.9. The van der Waals surface area contributed by atoms with Gasteiger partial charge in [0.1, 0.15) is 5.75 Å². The van der Waals surface area contributed by atoms with Gasteiger partial charge in [-0.1, -0.05) is 0 Å². The fourth-order valence-electron chi connectivity index (χ4n) is 1.13. The Balaban J connectivity index is 3.06. The third-order valence-corrected chi connectivity index (χ3v) is 1.98. The Morgan fingerprint density at radius 2 is 2.19 bits per heavy atom. The molecule has 1 aromatic rings. The molecule has 0 spiro atoms. The summed E-state index contributed by atoms with van der Waals surface area (Å²) in [5.74, 6) is 0.162. The number of hydrogen-bond acceptors (Lipinski definition) is 4. The average molecular weight is 217 g/mol. The largest absolute Gasteiger partial charge is 0.497 e. The molecule has 16 heavy (non-hydrogen) atoms. The van der Waals surface area contributed by atoms with Crippen LogP contribution < -0.4 is 4.74 Å². The summed E-state index contributed by atoms with van der Waals surface area (Å²) in [5.41, 5.74) is 1.09. The van der Waals surface area contributed by atoms with Gasteiger partial charge in [0.15, 0.2) is 0 Å². The molecule has 0 fully saturated rings. The normalized spacial score (nSPS) is 9.81. The van der Waals surface area contributed by atoms with E-state index in [4.69, 9.17) is 10.00 Å². The van der Waals surface area contributed by atoms with Crippen LogP contribution >= 0.6 is 0 Å². The Hall–Kier alpha value is -2.28. The SMILES string of the molecule is COC(=O)C=Cc1cc(OC)ccc1C#N. The predicted molar refractivity (Wildman–Crippen MR) is 58.8 cm³/mol. The van der Waals surface area contributed by atoms with Crippen LogP contribution in [0.2, 0.25) is 0 Å². The van der Waals surface area contributed by atoms with Crippen molar-refractivity contribution in [3.05, 3.63) is 35.4 Å². The number of esters is 1. The fourth-order valence-corrected chi connectivity index (χ4v) is 1.13. The molecule has 4 heteroatoms. The van der Waals surface area contributed by atoms with Crippen molar-refractivity contribution in [1.82, 2.24) is 0 Å². The molecular weight excluding hydrogens is 206 g/mol. The molecule has 0 unspecified atom stereocenters. The van der Waals surface area contributed by atoms with Crippen molar-refractivity contribution in [2.24, 2.45) is 0 Å². The molecule has 4 nitrogen and oxygen atoms in total. The summed E-state index contributed by atoms with van der Waals surface area (Å²) < 4.78 is 9.49. The van der Waals surface area contributed by atoms with E-state index >= 15 is 0 Å². The van der Waals surface area contributed by atoms with Crippen LogP contribution in [0.3, 0.4) is 0 Å². The minimum atomic E-state index is -0.466. The molecule has 1 aromatic carbocycles. The number of rotatable bonds is 3. The number of hydrogen-bond donors (Lipinski definition) is 0. The Morgan fingerprint density at radius 3 is 2.75 bits per heavy atom. The number of ether oxygens (including phenoxy) is 2. The fraction of sp³-hybridized carbons (Fsp3) is 0.167. The lowest BCUT2D eigenvalue weighted by atomic mass is 10.1. The van der Waals surface area contributed by atoms with Crippen molar-refractivity contribution in [2.75, 3.05) is 14.2 Å². The molecular formula is C12H11NO3. The van der Waals surface area contributed by atoms with Crippen LogP contribution in [-0.4, -0.2) is 20.2 Å². The second-order valence-electron chi connectivity index (χ2n) is 2.92.